The summed E-state index contributed by atoms with van der Waals surface area (Å²) in [6, 6.07) is 17.1. The zero-order chi connectivity index (χ0) is 13.8. The first-order chi connectivity index (χ1) is 9.88. The summed E-state index contributed by atoms with van der Waals surface area (Å²) in [5, 5.41) is 6.79. The van der Waals surface area contributed by atoms with E-state index in [0.717, 1.165) is 26.1 Å². The van der Waals surface area contributed by atoms with E-state index in [0.29, 0.717) is 0 Å². The zero-order valence-corrected chi connectivity index (χ0v) is 11.9. The molecule has 0 spiro atoms. The lowest BCUT2D eigenvalue weighted by Crippen LogP contribution is -2.25. The molecule has 3 rings (SSSR count). The first kappa shape index (κ1) is 13.0. The molecule has 1 aliphatic rings. The first-order valence-corrected chi connectivity index (χ1v) is 7.22. The fraction of sp³-hybridized carbons (Fsp3) is 0.294. The minimum absolute atomic E-state index is 0.962. The summed E-state index contributed by atoms with van der Waals surface area (Å²) in [5.41, 5.74) is 5.06. The molecule has 0 aliphatic carbocycles. The number of benzene rings is 2. The van der Waals surface area contributed by atoms with Crippen molar-refractivity contribution in [2.45, 2.75) is 13.0 Å². The lowest BCUT2D eigenvalue weighted by Gasteiger charge is -2.24. The molecule has 2 N–H and O–H groups in total. The summed E-state index contributed by atoms with van der Waals surface area (Å²) in [6.45, 7) is 3.07. The third-order valence-corrected chi connectivity index (χ3v) is 3.75. The normalized spacial score (nSPS) is 13.2. The fourth-order valence-corrected chi connectivity index (χ4v) is 2.72. The average Bonchev–Trinajstić information content (AvgIpc) is 2.64. The highest BCUT2D eigenvalue weighted by Gasteiger charge is 2.17. The SMILES string of the molecule is CNCCCN1Cc2ccccc2Nc2ccccc21. The molecule has 104 valence electrons. The summed E-state index contributed by atoms with van der Waals surface area (Å²) in [5.74, 6) is 0. The minimum atomic E-state index is 0.962. The van der Waals surface area contributed by atoms with Crippen molar-refractivity contribution in [3.8, 4) is 0 Å². The van der Waals surface area contributed by atoms with Gasteiger partial charge in [-0.15, -0.1) is 0 Å². The monoisotopic (exact) mass is 267 g/mol. The van der Waals surface area contributed by atoms with Gasteiger partial charge in [0.2, 0.25) is 0 Å². The molecule has 1 heterocycles. The van der Waals surface area contributed by atoms with Gasteiger partial charge < -0.3 is 15.5 Å². The third kappa shape index (κ3) is 2.63. The van der Waals surface area contributed by atoms with Crippen molar-refractivity contribution in [3.63, 3.8) is 0 Å². The summed E-state index contributed by atoms with van der Waals surface area (Å²) >= 11 is 0. The van der Waals surface area contributed by atoms with E-state index < -0.39 is 0 Å². The van der Waals surface area contributed by atoms with Gasteiger partial charge in [0.1, 0.15) is 0 Å². The van der Waals surface area contributed by atoms with Crippen molar-refractivity contribution in [1.82, 2.24) is 5.32 Å². The maximum Gasteiger partial charge on any atom is 0.0622 e. The van der Waals surface area contributed by atoms with Gasteiger partial charge in [0, 0.05) is 18.8 Å². The van der Waals surface area contributed by atoms with Crippen molar-refractivity contribution in [2.24, 2.45) is 0 Å². The largest absolute Gasteiger partial charge is 0.365 e. The Balaban J connectivity index is 1.93. The summed E-state index contributed by atoms with van der Waals surface area (Å²) in [6.07, 6.45) is 1.15. The van der Waals surface area contributed by atoms with Gasteiger partial charge in [0.05, 0.1) is 11.4 Å². The third-order valence-electron chi connectivity index (χ3n) is 3.75. The smallest absolute Gasteiger partial charge is 0.0622 e. The van der Waals surface area contributed by atoms with Crippen LogP contribution in [-0.2, 0) is 6.54 Å². The second kappa shape index (κ2) is 5.97. The molecule has 0 fully saturated rings. The Morgan fingerprint density at radius 3 is 2.65 bits per heavy atom. The van der Waals surface area contributed by atoms with Crippen molar-refractivity contribution < 1.29 is 0 Å². The molecule has 0 aromatic heterocycles. The van der Waals surface area contributed by atoms with Crippen LogP contribution >= 0.6 is 0 Å². The molecule has 0 radical (unpaired) electrons. The van der Waals surface area contributed by atoms with Crippen LogP contribution in [0.1, 0.15) is 12.0 Å². The number of nitrogens with zero attached hydrogens (tertiary/aromatic N) is 1. The van der Waals surface area contributed by atoms with Crippen LogP contribution in [0, 0.1) is 0 Å². The average molecular weight is 267 g/mol. The molecule has 0 unspecified atom stereocenters. The summed E-state index contributed by atoms with van der Waals surface area (Å²) in [7, 11) is 2.01. The van der Waals surface area contributed by atoms with Crippen LogP contribution < -0.4 is 15.5 Å². The van der Waals surface area contributed by atoms with Gasteiger partial charge in [-0.05, 0) is 43.8 Å². The molecule has 3 heteroatoms. The van der Waals surface area contributed by atoms with Crippen LogP contribution in [0.3, 0.4) is 0 Å². The highest BCUT2D eigenvalue weighted by molar-refractivity contribution is 5.78. The van der Waals surface area contributed by atoms with Crippen molar-refractivity contribution in [2.75, 3.05) is 30.4 Å². The Morgan fingerprint density at radius 1 is 1.05 bits per heavy atom. The van der Waals surface area contributed by atoms with Gasteiger partial charge in [0.15, 0.2) is 0 Å². The fourth-order valence-electron chi connectivity index (χ4n) is 2.72. The first-order valence-electron chi connectivity index (χ1n) is 7.22. The lowest BCUT2D eigenvalue weighted by molar-refractivity contribution is 0.685. The molecule has 0 atom stereocenters. The van der Waals surface area contributed by atoms with E-state index in [4.69, 9.17) is 0 Å². The van der Waals surface area contributed by atoms with E-state index in [1.54, 1.807) is 0 Å². The van der Waals surface area contributed by atoms with E-state index in [-0.39, 0.29) is 0 Å². The molecule has 20 heavy (non-hydrogen) atoms. The predicted octanol–water partition coefficient (Wildman–Crippen LogP) is 3.36. The molecule has 2 aromatic rings. The Morgan fingerprint density at radius 2 is 1.80 bits per heavy atom. The van der Waals surface area contributed by atoms with Crippen molar-refractivity contribution in [3.05, 3.63) is 54.1 Å². The number of hydrogen-bond acceptors (Lipinski definition) is 3. The van der Waals surface area contributed by atoms with Crippen LogP contribution in [0.25, 0.3) is 0 Å². The van der Waals surface area contributed by atoms with Gasteiger partial charge in [0.25, 0.3) is 0 Å². The van der Waals surface area contributed by atoms with Gasteiger partial charge in [-0.3, -0.25) is 0 Å². The molecule has 0 bridgehead atoms. The van der Waals surface area contributed by atoms with E-state index >= 15 is 0 Å². The molecule has 1 aliphatic heterocycles. The molecule has 2 aromatic carbocycles. The number of rotatable bonds is 4. The topological polar surface area (TPSA) is 27.3 Å². The Bertz CT molecular complexity index is 580. The van der Waals surface area contributed by atoms with Gasteiger partial charge in [-0.2, -0.15) is 0 Å². The van der Waals surface area contributed by atoms with Crippen LogP contribution in [0.2, 0.25) is 0 Å². The van der Waals surface area contributed by atoms with E-state index in [9.17, 15) is 0 Å². The van der Waals surface area contributed by atoms with Crippen LogP contribution in [0.4, 0.5) is 17.1 Å². The minimum Gasteiger partial charge on any atom is -0.365 e. The van der Waals surface area contributed by atoms with Gasteiger partial charge in [-0.1, -0.05) is 30.3 Å². The Hall–Kier alpha value is -2.00. The number of nitrogens with one attached hydrogen (secondary N) is 2. The van der Waals surface area contributed by atoms with E-state index in [2.05, 4.69) is 64.1 Å². The molecule has 0 saturated carbocycles. The predicted molar refractivity (Wildman–Crippen MR) is 85.8 cm³/mol. The van der Waals surface area contributed by atoms with Crippen LogP contribution in [-0.4, -0.2) is 20.1 Å². The second-order valence-corrected chi connectivity index (χ2v) is 5.18. The highest BCUT2D eigenvalue weighted by atomic mass is 15.2. The number of anilines is 3. The molecular weight excluding hydrogens is 246 g/mol. The number of hydrogen-bond donors (Lipinski definition) is 2. The molecule has 3 nitrogen and oxygen atoms in total. The standard InChI is InChI=1S/C17H21N3/c1-18-11-6-12-20-13-14-7-2-3-8-15(14)19-16-9-4-5-10-17(16)20/h2-5,7-10,18-19H,6,11-13H2,1H3. The number of para-hydroxylation sites is 3. The van der Waals surface area contributed by atoms with Gasteiger partial charge >= 0.3 is 0 Å². The van der Waals surface area contributed by atoms with Crippen LogP contribution in [0.5, 0.6) is 0 Å². The Labute approximate surface area is 120 Å². The summed E-state index contributed by atoms with van der Waals surface area (Å²) < 4.78 is 0. The van der Waals surface area contributed by atoms with Crippen LogP contribution in [0.15, 0.2) is 48.5 Å². The van der Waals surface area contributed by atoms with Crippen molar-refractivity contribution in [1.29, 1.82) is 0 Å². The summed E-state index contributed by atoms with van der Waals surface area (Å²) in [4.78, 5) is 2.46. The maximum atomic E-state index is 3.57. The molecular formula is C17H21N3. The Kier molecular flexibility index (Phi) is 3.88. The maximum absolute atomic E-state index is 3.57. The number of fused-ring (bicyclic) bond motifs is 2. The van der Waals surface area contributed by atoms with E-state index in [1.807, 2.05) is 7.05 Å². The quantitative estimate of drug-likeness (QED) is 0.832. The lowest BCUT2D eigenvalue weighted by atomic mass is 10.1. The highest BCUT2D eigenvalue weighted by Crippen LogP contribution is 2.35. The second-order valence-electron chi connectivity index (χ2n) is 5.18. The van der Waals surface area contributed by atoms with Crippen molar-refractivity contribution >= 4 is 17.1 Å². The van der Waals surface area contributed by atoms with E-state index in [1.165, 1.54) is 22.6 Å². The molecule has 0 amide bonds. The van der Waals surface area contributed by atoms with Gasteiger partial charge in [-0.25, -0.2) is 0 Å². The molecule has 0 saturated heterocycles. The zero-order valence-electron chi connectivity index (χ0n) is 11.9.